The zero-order valence-corrected chi connectivity index (χ0v) is 11.6. The monoisotopic (exact) mass is 310 g/mol. The van der Waals surface area contributed by atoms with E-state index in [9.17, 15) is 22.8 Å². The lowest BCUT2D eigenvalue weighted by molar-refractivity contribution is -0.136. The Hall–Kier alpha value is -1.97. The van der Waals surface area contributed by atoms with E-state index in [1.165, 1.54) is 14.0 Å². The Balaban J connectivity index is 3.07. The van der Waals surface area contributed by atoms with Crippen molar-refractivity contribution in [3.8, 4) is 0 Å². The van der Waals surface area contributed by atoms with E-state index in [0.717, 1.165) is 4.57 Å². The summed E-state index contributed by atoms with van der Waals surface area (Å²) in [5, 5.41) is 2.39. The molecule has 1 rings (SSSR count). The second kappa shape index (κ2) is 6.66. The molecule has 0 saturated carbocycles. The minimum absolute atomic E-state index is 0.0697. The standard InChI is InChI=1S/C11H17F3N4O3/c1-6(5-11(12,13)14)16-7-8(15)18(3-4-21-2)10(20)17-9(7)19/h6,16H,3-5,15H2,1-2H3,(H,17,19,20). The molecular formula is C11H17F3N4O3. The number of nitrogen functional groups attached to an aromatic ring is 1. The third kappa shape index (κ3) is 4.81. The van der Waals surface area contributed by atoms with E-state index in [4.69, 9.17) is 10.5 Å². The predicted molar refractivity (Wildman–Crippen MR) is 71.4 cm³/mol. The molecule has 0 amide bonds. The minimum atomic E-state index is -4.38. The molecule has 10 heteroatoms. The van der Waals surface area contributed by atoms with Crippen LogP contribution in [0.25, 0.3) is 0 Å². The van der Waals surface area contributed by atoms with Gasteiger partial charge in [-0.3, -0.25) is 14.3 Å². The fraction of sp³-hybridized carbons (Fsp3) is 0.636. The summed E-state index contributed by atoms with van der Waals surface area (Å²) < 4.78 is 42.7. The molecule has 0 spiro atoms. The van der Waals surface area contributed by atoms with Gasteiger partial charge in [0.1, 0.15) is 11.5 Å². The first-order chi connectivity index (χ1) is 9.65. The van der Waals surface area contributed by atoms with Gasteiger partial charge in [-0.2, -0.15) is 13.2 Å². The molecule has 0 aliphatic rings. The Kier molecular flexibility index (Phi) is 5.41. The Morgan fingerprint density at radius 3 is 2.57 bits per heavy atom. The van der Waals surface area contributed by atoms with E-state index in [1.807, 2.05) is 4.98 Å². The van der Waals surface area contributed by atoms with Crippen LogP contribution in [0.3, 0.4) is 0 Å². The molecule has 0 aromatic carbocycles. The summed E-state index contributed by atoms with van der Waals surface area (Å²) in [5.74, 6) is -0.227. The maximum atomic E-state index is 12.3. The largest absolute Gasteiger partial charge is 0.391 e. The fourth-order valence-electron chi connectivity index (χ4n) is 1.78. The van der Waals surface area contributed by atoms with Gasteiger partial charge in [0.05, 0.1) is 19.6 Å². The van der Waals surface area contributed by atoms with Crippen LogP contribution in [0.15, 0.2) is 9.59 Å². The highest BCUT2D eigenvalue weighted by molar-refractivity contribution is 5.60. The molecule has 21 heavy (non-hydrogen) atoms. The second-order valence-corrected chi connectivity index (χ2v) is 4.53. The smallest absolute Gasteiger partial charge is 0.383 e. The van der Waals surface area contributed by atoms with Crippen molar-refractivity contribution in [3.63, 3.8) is 0 Å². The van der Waals surface area contributed by atoms with Crippen molar-refractivity contribution in [1.82, 2.24) is 9.55 Å². The lowest BCUT2D eigenvalue weighted by atomic mass is 10.2. The number of nitrogens with two attached hydrogens (primary N) is 1. The van der Waals surface area contributed by atoms with E-state index in [2.05, 4.69) is 5.32 Å². The first-order valence-electron chi connectivity index (χ1n) is 6.10. The van der Waals surface area contributed by atoms with Crippen molar-refractivity contribution < 1.29 is 17.9 Å². The van der Waals surface area contributed by atoms with Crippen molar-refractivity contribution in [2.75, 3.05) is 24.8 Å². The normalized spacial score (nSPS) is 13.2. The number of halogens is 3. The summed E-state index contributed by atoms with van der Waals surface area (Å²) >= 11 is 0. The van der Waals surface area contributed by atoms with Crippen LogP contribution >= 0.6 is 0 Å². The van der Waals surface area contributed by atoms with E-state index in [1.54, 1.807) is 0 Å². The van der Waals surface area contributed by atoms with Gasteiger partial charge in [0.25, 0.3) is 5.56 Å². The predicted octanol–water partition coefficient (Wildman–Crippen LogP) is 0.518. The second-order valence-electron chi connectivity index (χ2n) is 4.53. The summed E-state index contributed by atoms with van der Waals surface area (Å²) in [6.45, 7) is 1.49. The number of aromatic amines is 1. The summed E-state index contributed by atoms with van der Waals surface area (Å²) in [4.78, 5) is 25.3. The quantitative estimate of drug-likeness (QED) is 0.711. The molecule has 0 radical (unpaired) electrons. The van der Waals surface area contributed by atoms with Gasteiger partial charge in [0.15, 0.2) is 0 Å². The highest BCUT2D eigenvalue weighted by atomic mass is 19.4. The van der Waals surface area contributed by atoms with Crippen LogP contribution in [0, 0.1) is 0 Å². The van der Waals surface area contributed by atoms with Crippen molar-refractivity contribution in [1.29, 1.82) is 0 Å². The molecular weight excluding hydrogens is 293 g/mol. The van der Waals surface area contributed by atoms with Crippen LogP contribution in [-0.4, -0.2) is 35.5 Å². The van der Waals surface area contributed by atoms with Gasteiger partial charge in [-0.15, -0.1) is 0 Å². The van der Waals surface area contributed by atoms with Gasteiger partial charge >= 0.3 is 11.9 Å². The van der Waals surface area contributed by atoms with Gasteiger partial charge in [0, 0.05) is 13.2 Å². The minimum Gasteiger partial charge on any atom is -0.383 e. The van der Waals surface area contributed by atoms with Gasteiger partial charge in [-0.25, -0.2) is 4.79 Å². The average molecular weight is 310 g/mol. The van der Waals surface area contributed by atoms with Gasteiger partial charge in [-0.05, 0) is 6.92 Å². The van der Waals surface area contributed by atoms with Crippen molar-refractivity contribution in [2.45, 2.75) is 32.1 Å². The van der Waals surface area contributed by atoms with Gasteiger partial charge < -0.3 is 15.8 Å². The Labute approximate surface area is 117 Å². The lowest BCUT2D eigenvalue weighted by Gasteiger charge is -2.19. The van der Waals surface area contributed by atoms with Crippen LogP contribution in [0.1, 0.15) is 13.3 Å². The molecule has 1 unspecified atom stereocenters. The van der Waals surface area contributed by atoms with Crippen LogP contribution in [0.4, 0.5) is 24.7 Å². The number of ether oxygens (including phenoxy) is 1. The Morgan fingerprint density at radius 1 is 1.43 bits per heavy atom. The molecule has 4 N–H and O–H groups in total. The Morgan fingerprint density at radius 2 is 2.05 bits per heavy atom. The van der Waals surface area contributed by atoms with Crippen LogP contribution in [0.2, 0.25) is 0 Å². The first kappa shape index (κ1) is 17.1. The molecule has 0 aliphatic carbocycles. The fourth-order valence-corrected chi connectivity index (χ4v) is 1.78. The maximum absolute atomic E-state index is 12.3. The number of methoxy groups -OCH3 is 1. The number of rotatable bonds is 6. The van der Waals surface area contributed by atoms with Crippen LogP contribution < -0.4 is 22.3 Å². The number of H-pyrrole nitrogens is 1. The lowest BCUT2D eigenvalue weighted by Crippen LogP contribution is -2.36. The molecule has 1 aromatic heterocycles. The number of anilines is 2. The third-order valence-electron chi connectivity index (χ3n) is 2.69. The molecule has 1 aromatic rings. The van der Waals surface area contributed by atoms with E-state index < -0.39 is 29.9 Å². The van der Waals surface area contributed by atoms with Crippen molar-refractivity contribution in [3.05, 3.63) is 20.8 Å². The maximum Gasteiger partial charge on any atom is 0.391 e. The molecule has 0 saturated heterocycles. The van der Waals surface area contributed by atoms with E-state index >= 15 is 0 Å². The van der Waals surface area contributed by atoms with Crippen LogP contribution in [0.5, 0.6) is 0 Å². The molecule has 120 valence electrons. The zero-order chi connectivity index (χ0) is 16.2. The van der Waals surface area contributed by atoms with Gasteiger partial charge in [-0.1, -0.05) is 0 Å². The molecule has 0 fully saturated rings. The molecule has 0 aliphatic heterocycles. The molecule has 1 atom stereocenters. The number of nitrogens with zero attached hydrogens (tertiary/aromatic N) is 1. The average Bonchev–Trinajstić information content (AvgIpc) is 2.32. The third-order valence-corrected chi connectivity index (χ3v) is 2.69. The highest BCUT2D eigenvalue weighted by Gasteiger charge is 2.30. The number of nitrogens with one attached hydrogen (secondary N) is 2. The summed E-state index contributed by atoms with van der Waals surface area (Å²) in [6.07, 6.45) is -5.51. The number of aromatic nitrogens is 2. The SMILES string of the molecule is COCCn1c(N)c(NC(C)CC(F)(F)F)c(=O)[nH]c1=O. The summed E-state index contributed by atoms with van der Waals surface area (Å²) in [7, 11) is 1.41. The molecule has 7 nitrogen and oxygen atoms in total. The highest BCUT2D eigenvalue weighted by Crippen LogP contribution is 2.23. The summed E-state index contributed by atoms with van der Waals surface area (Å²) in [5.41, 5.74) is 3.81. The van der Waals surface area contributed by atoms with E-state index in [-0.39, 0.29) is 24.7 Å². The van der Waals surface area contributed by atoms with Gasteiger partial charge in [0.2, 0.25) is 0 Å². The molecule has 0 bridgehead atoms. The van der Waals surface area contributed by atoms with Crippen LogP contribution in [-0.2, 0) is 11.3 Å². The Bertz CT molecular complexity index is 594. The molecule has 1 heterocycles. The topological polar surface area (TPSA) is 102 Å². The zero-order valence-electron chi connectivity index (χ0n) is 11.6. The number of hydrogen-bond acceptors (Lipinski definition) is 5. The van der Waals surface area contributed by atoms with Crippen molar-refractivity contribution >= 4 is 11.5 Å². The number of alkyl halides is 3. The first-order valence-corrected chi connectivity index (χ1v) is 6.10. The van der Waals surface area contributed by atoms with Crippen molar-refractivity contribution in [2.24, 2.45) is 0 Å². The van der Waals surface area contributed by atoms with E-state index in [0.29, 0.717) is 0 Å². The summed E-state index contributed by atoms with van der Waals surface area (Å²) in [6, 6.07) is -1.07. The number of hydrogen-bond donors (Lipinski definition) is 3.